The first-order chi connectivity index (χ1) is 8.72. The number of hydrogen-bond donors (Lipinski definition) is 3. The molecule has 18 heavy (non-hydrogen) atoms. The van der Waals surface area contributed by atoms with E-state index in [2.05, 4.69) is 25.3 Å². The number of imidazole rings is 1. The van der Waals surface area contributed by atoms with Crippen LogP contribution in [0.5, 0.6) is 0 Å². The number of carbonyl (C=O) groups is 1. The number of aromatic nitrogens is 4. The second-order valence-corrected chi connectivity index (χ2v) is 4.55. The molecule has 96 valence electrons. The molecule has 0 spiro atoms. The summed E-state index contributed by atoms with van der Waals surface area (Å²) >= 11 is 1.37. The minimum absolute atomic E-state index is 0.397. The van der Waals surface area contributed by atoms with E-state index < -0.39 is 12.0 Å². The third kappa shape index (κ3) is 2.77. The van der Waals surface area contributed by atoms with Crippen molar-refractivity contribution in [3.05, 3.63) is 12.7 Å². The lowest BCUT2D eigenvalue weighted by atomic mass is 10.3. The maximum atomic E-state index is 11.0. The number of fused-ring (bicyclic) bond motifs is 1. The Morgan fingerprint density at radius 3 is 3.11 bits per heavy atom. The molecule has 2 aromatic rings. The molecule has 0 radical (unpaired) electrons. The lowest BCUT2D eigenvalue weighted by molar-refractivity contribution is -0.138. The van der Waals surface area contributed by atoms with Gasteiger partial charge in [0.25, 0.3) is 0 Å². The van der Waals surface area contributed by atoms with Crippen LogP contribution in [0.2, 0.25) is 0 Å². The summed E-state index contributed by atoms with van der Waals surface area (Å²) in [5, 5.41) is 12.6. The third-order valence-electron chi connectivity index (χ3n) is 2.32. The number of carboxylic acids is 1. The van der Waals surface area contributed by atoms with Crippen LogP contribution in [-0.4, -0.2) is 49.4 Å². The Kier molecular flexibility index (Phi) is 4.11. The van der Waals surface area contributed by atoms with Crippen LogP contribution in [0, 0.1) is 0 Å². The molecule has 0 bridgehead atoms. The van der Waals surface area contributed by atoms with Crippen LogP contribution in [0.25, 0.3) is 11.2 Å². The first-order valence-corrected chi connectivity index (χ1v) is 6.44. The molecule has 1 unspecified atom stereocenters. The van der Waals surface area contributed by atoms with Crippen LogP contribution in [-0.2, 0) is 4.79 Å². The largest absolute Gasteiger partial charge is 0.480 e. The lowest BCUT2D eigenvalue weighted by Crippen LogP contribution is -2.38. The van der Waals surface area contributed by atoms with Gasteiger partial charge >= 0.3 is 5.97 Å². The lowest BCUT2D eigenvalue weighted by Gasteiger charge is -2.11. The molecule has 2 heterocycles. The zero-order valence-electron chi connectivity index (χ0n) is 9.75. The summed E-state index contributed by atoms with van der Waals surface area (Å²) in [5.41, 5.74) is 1.32. The number of likely N-dealkylation sites (N-methyl/N-ethyl adjacent to an activating group) is 1. The first-order valence-electron chi connectivity index (χ1n) is 5.45. The maximum Gasteiger partial charge on any atom is 0.321 e. The fourth-order valence-electron chi connectivity index (χ4n) is 1.48. The van der Waals surface area contributed by atoms with Crippen LogP contribution in [0.3, 0.4) is 0 Å². The molecule has 0 aliphatic carbocycles. The average molecular weight is 267 g/mol. The van der Waals surface area contributed by atoms with E-state index in [9.17, 15) is 4.79 Å². The number of nitrogens with zero attached hydrogens (tertiary/aromatic N) is 3. The standard InChI is InChI=1S/C10H13N5O2S/c1-2-11-6(10(16)17)3-18-9-7-8(13-4-12-7)14-5-15-9/h4-6,11H,2-3H2,1H3,(H,16,17)(H,12,13,14,15). The maximum absolute atomic E-state index is 11.0. The molecule has 2 aromatic heterocycles. The van der Waals surface area contributed by atoms with Gasteiger partial charge in [0.1, 0.15) is 22.9 Å². The zero-order chi connectivity index (χ0) is 13.0. The molecule has 0 aromatic carbocycles. The van der Waals surface area contributed by atoms with Gasteiger partial charge in [-0.25, -0.2) is 15.0 Å². The highest BCUT2D eigenvalue weighted by Crippen LogP contribution is 2.22. The molecule has 1 atom stereocenters. The highest BCUT2D eigenvalue weighted by atomic mass is 32.2. The summed E-state index contributed by atoms with van der Waals surface area (Å²) in [5.74, 6) is -0.465. The highest BCUT2D eigenvalue weighted by Gasteiger charge is 2.17. The Labute approximate surface area is 107 Å². The Bertz CT molecular complexity index is 544. The van der Waals surface area contributed by atoms with E-state index in [-0.39, 0.29) is 0 Å². The zero-order valence-corrected chi connectivity index (χ0v) is 10.6. The Balaban J connectivity index is 2.09. The molecule has 0 saturated heterocycles. The van der Waals surface area contributed by atoms with E-state index in [1.165, 1.54) is 18.1 Å². The molecular formula is C10H13N5O2S. The van der Waals surface area contributed by atoms with Gasteiger partial charge in [0.15, 0.2) is 5.65 Å². The van der Waals surface area contributed by atoms with Crippen molar-refractivity contribution in [1.29, 1.82) is 0 Å². The summed E-state index contributed by atoms with van der Waals surface area (Å²) in [6.45, 7) is 2.49. The average Bonchev–Trinajstić information content (AvgIpc) is 2.82. The summed E-state index contributed by atoms with van der Waals surface area (Å²) < 4.78 is 0. The van der Waals surface area contributed by atoms with E-state index in [1.54, 1.807) is 6.33 Å². The Morgan fingerprint density at radius 1 is 1.56 bits per heavy atom. The van der Waals surface area contributed by atoms with Gasteiger partial charge in [-0.2, -0.15) is 0 Å². The van der Waals surface area contributed by atoms with E-state index in [4.69, 9.17) is 5.11 Å². The monoisotopic (exact) mass is 267 g/mol. The minimum Gasteiger partial charge on any atom is -0.480 e. The summed E-state index contributed by atoms with van der Waals surface area (Å²) in [4.78, 5) is 26.1. The highest BCUT2D eigenvalue weighted by molar-refractivity contribution is 7.99. The van der Waals surface area contributed by atoms with Crippen molar-refractivity contribution in [2.45, 2.75) is 18.0 Å². The number of nitrogens with one attached hydrogen (secondary N) is 2. The second kappa shape index (κ2) is 5.78. The van der Waals surface area contributed by atoms with E-state index in [0.717, 1.165) is 5.52 Å². The normalized spacial score (nSPS) is 12.7. The third-order valence-corrected chi connectivity index (χ3v) is 3.41. The van der Waals surface area contributed by atoms with Crippen molar-refractivity contribution in [2.24, 2.45) is 0 Å². The van der Waals surface area contributed by atoms with Gasteiger partial charge < -0.3 is 15.4 Å². The van der Waals surface area contributed by atoms with Crippen molar-refractivity contribution >= 4 is 28.9 Å². The van der Waals surface area contributed by atoms with Crippen molar-refractivity contribution in [3.8, 4) is 0 Å². The number of thioether (sulfide) groups is 1. The topological polar surface area (TPSA) is 104 Å². The quantitative estimate of drug-likeness (QED) is 0.517. The van der Waals surface area contributed by atoms with Crippen LogP contribution in [0.15, 0.2) is 17.7 Å². The van der Waals surface area contributed by atoms with E-state index >= 15 is 0 Å². The number of H-pyrrole nitrogens is 1. The van der Waals surface area contributed by atoms with Crippen LogP contribution < -0.4 is 5.32 Å². The number of aliphatic carboxylic acids is 1. The van der Waals surface area contributed by atoms with Crippen molar-refractivity contribution < 1.29 is 9.90 Å². The number of rotatable bonds is 6. The number of aromatic amines is 1. The van der Waals surface area contributed by atoms with Crippen molar-refractivity contribution in [2.75, 3.05) is 12.3 Å². The summed E-state index contributed by atoms with van der Waals surface area (Å²) in [7, 11) is 0. The van der Waals surface area contributed by atoms with Crippen LogP contribution >= 0.6 is 11.8 Å². The minimum atomic E-state index is -0.862. The van der Waals surface area contributed by atoms with Gasteiger partial charge in [-0.3, -0.25) is 4.79 Å². The van der Waals surface area contributed by atoms with Gasteiger partial charge in [-0.05, 0) is 6.54 Å². The molecule has 8 heteroatoms. The second-order valence-electron chi connectivity index (χ2n) is 3.54. The summed E-state index contributed by atoms with van der Waals surface area (Å²) in [6.07, 6.45) is 2.97. The van der Waals surface area contributed by atoms with E-state index in [1.807, 2.05) is 6.92 Å². The van der Waals surface area contributed by atoms with Crippen LogP contribution in [0.4, 0.5) is 0 Å². The molecule has 0 aliphatic heterocycles. The number of hydrogen-bond acceptors (Lipinski definition) is 6. The predicted octanol–water partition coefficient (Wildman–Crippen LogP) is 0.508. The van der Waals surface area contributed by atoms with Crippen LogP contribution in [0.1, 0.15) is 6.92 Å². The molecule has 0 saturated carbocycles. The van der Waals surface area contributed by atoms with Gasteiger partial charge in [0, 0.05) is 5.75 Å². The van der Waals surface area contributed by atoms with Gasteiger partial charge in [0.05, 0.1) is 6.33 Å². The van der Waals surface area contributed by atoms with Crippen molar-refractivity contribution in [1.82, 2.24) is 25.3 Å². The molecular weight excluding hydrogens is 254 g/mol. The first kappa shape index (κ1) is 12.8. The van der Waals surface area contributed by atoms with E-state index in [0.29, 0.717) is 23.0 Å². The fraction of sp³-hybridized carbons (Fsp3) is 0.400. The molecule has 3 N–H and O–H groups in total. The molecule has 0 amide bonds. The smallest absolute Gasteiger partial charge is 0.321 e. The summed E-state index contributed by atoms with van der Waals surface area (Å²) in [6, 6.07) is -0.590. The predicted molar refractivity (Wildman–Crippen MR) is 67.5 cm³/mol. The van der Waals surface area contributed by atoms with Gasteiger partial charge in [-0.1, -0.05) is 6.92 Å². The molecule has 0 aliphatic rings. The Morgan fingerprint density at radius 2 is 2.39 bits per heavy atom. The molecule has 2 rings (SSSR count). The molecule has 7 nitrogen and oxygen atoms in total. The fourth-order valence-corrected chi connectivity index (χ4v) is 2.48. The van der Waals surface area contributed by atoms with Gasteiger partial charge in [0.2, 0.25) is 0 Å². The van der Waals surface area contributed by atoms with Crippen molar-refractivity contribution in [3.63, 3.8) is 0 Å². The number of carboxylic acid groups (broad SMARTS) is 1. The molecule has 0 fully saturated rings. The SMILES string of the molecule is CCNC(CSc1ncnc2nc[nH]c12)C(=O)O. The van der Waals surface area contributed by atoms with Gasteiger partial charge in [-0.15, -0.1) is 11.8 Å². The Hall–Kier alpha value is -1.67.